The third-order valence-electron chi connectivity index (χ3n) is 7.07. The summed E-state index contributed by atoms with van der Waals surface area (Å²) in [6.07, 6.45) is 0.678. The maximum Gasteiger partial charge on any atom is 0.228 e. The minimum atomic E-state index is -0.409. The van der Waals surface area contributed by atoms with Crippen LogP contribution in [0.15, 0.2) is 103 Å². The molecule has 1 atom stereocenters. The molecule has 2 aliphatic rings. The summed E-state index contributed by atoms with van der Waals surface area (Å²) in [6, 6.07) is 32.0. The summed E-state index contributed by atoms with van der Waals surface area (Å²) in [5.41, 5.74) is 3.53. The third-order valence-corrected chi connectivity index (χ3v) is 7.07. The third kappa shape index (κ3) is 2.96. The van der Waals surface area contributed by atoms with E-state index < -0.39 is 5.41 Å². The van der Waals surface area contributed by atoms with Crippen LogP contribution >= 0.6 is 0 Å². The van der Waals surface area contributed by atoms with E-state index in [0.717, 1.165) is 11.1 Å². The van der Waals surface area contributed by atoms with Gasteiger partial charge in [-0.05, 0) is 23.6 Å². The Bertz CT molecular complexity index is 1420. The molecule has 1 N–H and O–H groups in total. The van der Waals surface area contributed by atoms with Crippen LogP contribution in [0.25, 0.3) is 0 Å². The van der Waals surface area contributed by atoms with Crippen molar-refractivity contribution in [3.63, 3.8) is 0 Å². The predicted octanol–water partition coefficient (Wildman–Crippen LogP) is 5.41. The Balaban J connectivity index is 1.37. The molecule has 1 fully saturated rings. The van der Waals surface area contributed by atoms with E-state index in [-0.39, 0.29) is 29.0 Å². The molecule has 0 aromatic heterocycles. The normalized spacial score (nSPS) is 17.5. The molecule has 1 saturated carbocycles. The molecule has 0 spiro atoms. The van der Waals surface area contributed by atoms with Gasteiger partial charge in [0.1, 0.15) is 0 Å². The number of amides is 1. The smallest absolute Gasteiger partial charge is 0.228 e. The zero-order valence-electron chi connectivity index (χ0n) is 18.3. The lowest BCUT2D eigenvalue weighted by molar-refractivity contribution is -0.117. The van der Waals surface area contributed by atoms with Gasteiger partial charge in [0.2, 0.25) is 5.91 Å². The van der Waals surface area contributed by atoms with Crippen molar-refractivity contribution in [2.24, 2.45) is 5.92 Å². The number of fused-ring (bicyclic) bond motifs is 2. The lowest BCUT2D eigenvalue weighted by atomic mass is 9.83. The molecular weight excluding hydrogens is 422 g/mol. The summed E-state index contributed by atoms with van der Waals surface area (Å²) < 4.78 is 0. The number of hydrogen-bond donors (Lipinski definition) is 1. The molecule has 0 radical (unpaired) electrons. The van der Waals surface area contributed by atoms with Gasteiger partial charge < -0.3 is 5.32 Å². The second kappa shape index (κ2) is 7.63. The molecule has 34 heavy (non-hydrogen) atoms. The number of carbonyl (C=O) groups excluding carboxylic acids is 3. The maximum absolute atomic E-state index is 13.5. The molecule has 4 aromatic carbocycles. The Hall–Kier alpha value is -4.31. The topological polar surface area (TPSA) is 63.2 Å². The Labute approximate surface area is 197 Å². The SMILES string of the molecule is O=C1c2ccccc2C(=O)c2c(NC(=O)C3CC3(c3ccccc3)c3ccccc3)cccc21. The Morgan fingerprint density at radius 1 is 0.647 bits per heavy atom. The monoisotopic (exact) mass is 443 g/mol. The summed E-state index contributed by atoms with van der Waals surface area (Å²) in [5.74, 6) is -0.875. The van der Waals surface area contributed by atoms with Crippen LogP contribution in [-0.4, -0.2) is 17.5 Å². The van der Waals surface area contributed by atoms with E-state index >= 15 is 0 Å². The van der Waals surface area contributed by atoms with Crippen molar-refractivity contribution in [2.45, 2.75) is 11.8 Å². The first kappa shape index (κ1) is 20.3. The number of rotatable bonds is 4. The van der Waals surface area contributed by atoms with Gasteiger partial charge in [-0.1, -0.05) is 97.1 Å². The fourth-order valence-corrected chi connectivity index (χ4v) is 5.32. The molecule has 1 unspecified atom stereocenters. The number of nitrogens with one attached hydrogen (secondary N) is 1. The van der Waals surface area contributed by atoms with Crippen molar-refractivity contribution >= 4 is 23.2 Å². The Kier molecular flexibility index (Phi) is 4.56. The van der Waals surface area contributed by atoms with Crippen molar-refractivity contribution < 1.29 is 14.4 Å². The van der Waals surface area contributed by atoms with Crippen molar-refractivity contribution in [3.05, 3.63) is 137 Å². The van der Waals surface area contributed by atoms with Gasteiger partial charge in [0.15, 0.2) is 11.6 Å². The number of anilines is 1. The van der Waals surface area contributed by atoms with E-state index in [1.165, 1.54) is 0 Å². The quantitative estimate of drug-likeness (QED) is 0.404. The van der Waals surface area contributed by atoms with Crippen LogP contribution in [-0.2, 0) is 10.2 Å². The molecular formula is C30H21NO3. The molecule has 2 aliphatic carbocycles. The van der Waals surface area contributed by atoms with Gasteiger partial charge >= 0.3 is 0 Å². The number of benzene rings is 4. The van der Waals surface area contributed by atoms with Crippen LogP contribution in [0, 0.1) is 5.92 Å². The minimum absolute atomic E-state index is 0.153. The first-order valence-electron chi connectivity index (χ1n) is 11.3. The van der Waals surface area contributed by atoms with Gasteiger partial charge in [0.05, 0.1) is 17.2 Å². The molecule has 6 rings (SSSR count). The minimum Gasteiger partial charge on any atom is -0.325 e. The fraction of sp³-hybridized carbons (Fsp3) is 0.100. The van der Waals surface area contributed by atoms with Crippen LogP contribution in [0.4, 0.5) is 5.69 Å². The van der Waals surface area contributed by atoms with E-state index in [4.69, 9.17) is 0 Å². The van der Waals surface area contributed by atoms with E-state index in [9.17, 15) is 14.4 Å². The van der Waals surface area contributed by atoms with E-state index in [1.54, 1.807) is 42.5 Å². The van der Waals surface area contributed by atoms with Gasteiger partial charge in [-0.15, -0.1) is 0 Å². The van der Waals surface area contributed by atoms with Gasteiger partial charge in [0, 0.05) is 22.1 Å². The molecule has 4 aromatic rings. The zero-order chi connectivity index (χ0) is 23.3. The highest BCUT2D eigenvalue weighted by Gasteiger charge is 2.60. The first-order valence-corrected chi connectivity index (χ1v) is 11.3. The zero-order valence-corrected chi connectivity index (χ0v) is 18.3. The van der Waals surface area contributed by atoms with Gasteiger partial charge in [-0.2, -0.15) is 0 Å². The van der Waals surface area contributed by atoms with Crippen molar-refractivity contribution in [2.75, 3.05) is 5.32 Å². The molecule has 0 aliphatic heterocycles. The molecule has 164 valence electrons. The number of ketones is 2. The summed E-state index contributed by atoms with van der Waals surface area (Å²) in [7, 11) is 0. The average molecular weight is 444 g/mol. The van der Waals surface area contributed by atoms with Gasteiger partial charge in [-0.3, -0.25) is 14.4 Å². The van der Waals surface area contributed by atoms with Crippen LogP contribution in [0.2, 0.25) is 0 Å². The first-order chi connectivity index (χ1) is 16.6. The highest BCUT2D eigenvalue weighted by Crippen LogP contribution is 2.59. The summed E-state index contributed by atoms with van der Waals surface area (Å²) in [6.45, 7) is 0. The molecule has 0 heterocycles. The molecule has 0 saturated heterocycles. The second-order valence-electron chi connectivity index (χ2n) is 8.88. The standard InChI is InChI=1S/C30H21NO3/c32-27-21-14-7-8-15-22(21)28(33)26-23(27)16-9-17-25(26)31-29(34)24-18-30(24,19-10-3-1-4-11-19)20-12-5-2-6-13-20/h1-17,24H,18H2,(H,31,34). The molecule has 4 heteroatoms. The predicted molar refractivity (Wildman–Crippen MR) is 130 cm³/mol. The van der Waals surface area contributed by atoms with Gasteiger partial charge in [0.25, 0.3) is 0 Å². The average Bonchev–Trinajstić information content (AvgIpc) is 3.66. The van der Waals surface area contributed by atoms with Crippen LogP contribution < -0.4 is 5.32 Å². The fourth-order valence-electron chi connectivity index (χ4n) is 5.32. The second-order valence-corrected chi connectivity index (χ2v) is 8.88. The maximum atomic E-state index is 13.5. The van der Waals surface area contributed by atoms with Crippen LogP contribution in [0.3, 0.4) is 0 Å². The lowest BCUT2D eigenvalue weighted by Crippen LogP contribution is -2.26. The highest BCUT2D eigenvalue weighted by molar-refractivity contribution is 6.30. The largest absolute Gasteiger partial charge is 0.325 e. The van der Waals surface area contributed by atoms with E-state index in [0.29, 0.717) is 28.8 Å². The molecule has 4 nitrogen and oxygen atoms in total. The summed E-state index contributed by atoms with van der Waals surface area (Å²) >= 11 is 0. The van der Waals surface area contributed by atoms with Gasteiger partial charge in [-0.25, -0.2) is 0 Å². The number of hydrogen-bond acceptors (Lipinski definition) is 3. The van der Waals surface area contributed by atoms with Crippen molar-refractivity contribution in [1.29, 1.82) is 0 Å². The van der Waals surface area contributed by atoms with Crippen LogP contribution in [0.5, 0.6) is 0 Å². The molecule has 0 bridgehead atoms. The number of carbonyl (C=O) groups is 3. The molecule has 1 amide bonds. The summed E-state index contributed by atoms with van der Waals surface area (Å²) in [4.78, 5) is 39.9. The van der Waals surface area contributed by atoms with Crippen LogP contribution in [0.1, 0.15) is 49.4 Å². The van der Waals surface area contributed by atoms with Crippen molar-refractivity contribution in [3.8, 4) is 0 Å². The Morgan fingerprint density at radius 3 is 1.79 bits per heavy atom. The van der Waals surface area contributed by atoms with E-state index in [2.05, 4.69) is 29.6 Å². The Morgan fingerprint density at radius 2 is 1.18 bits per heavy atom. The summed E-state index contributed by atoms with van der Waals surface area (Å²) in [5, 5.41) is 3.00. The lowest BCUT2D eigenvalue weighted by Gasteiger charge is -2.21. The van der Waals surface area contributed by atoms with Crippen molar-refractivity contribution in [1.82, 2.24) is 0 Å². The highest BCUT2D eigenvalue weighted by atomic mass is 16.2. The van der Waals surface area contributed by atoms with E-state index in [1.807, 2.05) is 36.4 Å².